The third kappa shape index (κ3) is 3.85. The van der Waals surface area contributed by atoms with Crippen LogP contribution in [0.1, 0.15) is 6.92 Å². The maximum atomic E-state index is 11.2. The topological polar surface area (TPSA) is 53.8 Å². The molecule has 0 atom stereocenters. The quantitative estimate of drug-likeness (QED) is 0.624. The van der Waals surface area contributed by atoms with Crippen molar-refractivity contribution in [2.24, 2.45) is 10.2 Å². The second kappa shape index (κ2) is 6.42. The van der Waals surface area contributed by atoms with Gasteiger partial charge in [0.2, 0.25) is 5.91 Å². The van der Waals surface area contributed by atoms with Gasteiger partial charge < -0.3 is 5.32 Å². The third-order valence-corrected chi connectivity index (χ3v) is 3.22. The molecule has 0 bridgehead atoms. The van der Waals surface area contributed by atoms with Crippen LogP contribution in [-0.2, 0) is 4.79 Å². The van der Waals surface area contributed by atoms with Gasteiger partial charge in [0.1, 0.15) is 5.69 Å². The minimum Gasteiger partial charge on any atom is -0.324 e. The molecule has 0 unspecified atom stereocenters. The Morgan fingerprint density at radius 2 is 1.79 bits per heavy atom. The van der Waals surface area contributed by atoms with E-state index in [-0.39, 0.29) is 5.91 Å². The first-order valence-electron chi connectivity index (χ1n) is 5.70. The highest BCUT2D eigenvalue weighted by molar-refractivity contribution is 14.1. The molecule has 4 nitrogen and oxygen atoms in total. The molecule has 0 radical (unpaired) electrons. The van der Waals surface area contributed by atoms with Crippen molar-refractivity contribution in [3.8, 4) is 0 Å². The van der Waals surface area contributed by atoms with Gasteiger partial charge in [0, 0.05) is 10.5 Å². The Morgan fingerprint density at radius 1 is 1.05 bits per heavy atom. The smallest absolute Gasteiger partial charge is 0.221 e. The van der Waals surface area contributed by atoms with Crippen molar-refractivity contribution in [1.29, 1.82) is 0 Å². The number of nitrogens with one attached hydrogen (secondary N) is 1. The van der Waals surface area contributed by atoms with Gasteiger partial charge in [0.05, 0.1) is 11.4 Å². The summed E-state index contributed by atoms with van der Waals surface area (Å²) in [6, 6.07) is 15.1. The molecule has 5 heteroatoms. The maximum Gasteiger partial charge on any atom is 0.221 e. The summed E-state index contributed by atoms with van der Waals surface area (Å²) in [4.78, 5) is 11.2. The van der Waals surface area contributed by atoms with Crippen molar-refractivity contribution < 1.29 is 4.79 Å². The SMILES string of the molecule is CC(=O)Nc1c(I)cccc1N=Nc1ccccc1. The van der Waals surface area contributed by atoms with Crippen molar-refractivity contribution in [2.75, 3.05) is 5.32 Å². The number of carbonyl (C=O) groups is 1. The number of anilines is 1. The van der Waals surface area contributed by atoms with Crippen molar-refractivity contribution in [1.82, 2.24) is 0 Å². The summed E-state index contributed by atoms with van der Waals surface area (Å²) in [5, 5.41) is 11.1. The van der Waals surface area contributed by atoms with Crippen molar-refractivity contribution >= 4 is 45.6 Å². The molecule has 2 aromatic rings. The summed E-state index contributed by atoms with van der Waals surface area (Å²) in [6.45, 7) is 1.47. The van der Waals surface area contributed by atoms with Crippen LogP contribution in [0.15, 0.2) is 58.8 Å². The molecule has 0 spiro atoms. The lowest BCUT2D eigenvalue weighted by Crippen LogP contribution is -2.07. The highest BCUT2D eigenvalue weighted by atomic mass is 127. The summed E-state index contributed by atoms with van der Waals surface area (Å²) in [5.41, 5.74) is 2.11. The fourth-order valence-electron chi connectivity index (χ4n) is 1.50. The van der Waals surface area contributed by atoms with Crippen LogP contribution in [0, 0.1) is 3.57 Å². The van der Waals surface area contributed by atoms with Crippen molar-refractivity contribution in [2.45, 2.75) is 6.92 Å². The highest BCUT2D eigenvalue weighted by Gasteiger charge is 2.07. The standard InChI is InChI=1S/C14H12IN3O/c1-10(19)16-14-12(15)8-5-9-13(14)18-17-11-6-3-2-4-7-11/h2-9H,1H3,(H,16,19). The summed E-state index contributed by atoms with van der Waals surface area (Å²) in [7, 11) is 0. The summed E-state index contributed by atoms with van der Waals surface area (Å²) < 4.78 is 0.928. The van der Waals surface area contributed by atoms with Crippen LogP contribution in [-0.4, -0.2) is 5.91 Å². The molecule has 2 rings (SSSR count). The van der Waals surface area contributed by atoms with Crippen LogP contribution in [0.4, 0.5) is 17.1 Å². The lowest BCUT2D eigenvalue weighted by atomic mass is 10.2. The zero-order chi connectivity index (χ0) is 13.7. The normalized spacial score (nSPS) is 10.6. The van der Waals surface area contributed by atoms with E-state index in [1.165, 1.54) is 6.92 Å². The van der Waals surface area contributed by atoms with E-state index in [9.17, 15) is 4.79 Å². The average Bonchev–Trinajstić information content (AvgIpc) is 2.40. The Morgan fingerprint density at radius 3 is 2.47 bits per heavy atom. The van der Waals surface area contributed by atoms with Gasteiger partial charge in [-0.3, -0.25) is 4.79 Å². The fraction of sp³-hybridized carbons (Fsp3) is 0.0714. The number of rotatable bonds is 3. The van der Waals surface area contributed by atoms with E-state index < -0.39 is 0 Å². The Bertz CT molecular complexity index is 611. The van der Waals surface area contributed by atoms with Crippen molar-refractivity contribution in [3.05, 3.63) is 52.1 Å². The van der Waals surface area contributed by atoms with Gasteiger partial charge in [-0.15, -0.1) is 5.11 Å². The molecule has 0 heterocycles. The number of azo groups is 1. The van der Waals surface area contributed by atoms with E-state index in [4.69, 9.17) is 0 Å². The molecule has 0 saturated carbocycles. The molecule has 0 fully saturated rings. The van der Waals surface area contributed by atoms with Crippen LogP contribution in [0.2, 0.25) is 0 Å². The molecule has 1 amide bonds. The average molecular weight is 365 g/mol. The summed E-state index contributed by atoms with van der Waals surface area (Å²) in [5.74, 6) is -0.125. The number of carbonyl (C=O) groups excluding carboxylic acids is 1. The molecule has 0 aliphatic rings. The largest absolute Gasteiger partial charge is 0.324 e. The maximum absolute atomic E-state index is 11.2. The van der Waals surface area contributed by atoms with E-state index in [1.807, 2.05) is 48.5 Å². The van der Waals surface area contributed by atoms with Gasteiger partial charge >= 0.3 is 0 Å². The molecule has 0 aliphatic carbocycles. The van der Waals surface area contributed by atoms with Gasteiger partial charge in [0.15, 0.2) is 0 Å². The zero-order valence-corrected chi connectivity index (χ0v) is 12.5. The van der Waals surface area contributed by atoms with Gasteiger partial charge in [-0.2, -0.15) is 5.11 Å². The molecule has 0 aromatic heterocycles. The molecule has 0 saturated heterocycles. The van der Waals surface area contributed by atoms with E-state index in [1.54, 1.807) is 0 Å². The van der Waals surface area contributed by atoms with Crippen LogP contribution >= 0.6 is 22.6 Å². The first-order chi connectivity index (χ1) is 9.16. The Hall–Kier alpha value is -1.76. The Labute approximate surface area is 125 Å². The molecule has 19 heavy (non-hydrogen) atoms. The Kier molecular flexibility index (Phi) is 4.62. The lowest BCUT2D eigenvalue weighted by molar-refractivity contribution is -0.114. The van der Waals surface area contributed by atoms with Gasteiger partial charge in [0.25, 0.3) is 0 Å². The van der Waals surface area contributed by atoms with E-state index in [0.717, 1.165) is 9.26 Å². The van der Waals surface area contributed by atoms with Crippen molar-refractivity contribution in [3.63, 3.8) is 0 Å². The first-order valence-corrected chi connectivity index (χ1v) is 6.77. The summed E-state index contributed by atoms with van der Waals surface area (Å²) in [6.07, 6.45) is 0. The number of hydrogen-bond acceptors (Lipinski definition) is 3. The van der Waals surface area contributed by atoms with Crippen LogP contribution in [0.5, 0.6) is 0 Å². The minimum absolute atomic E-state index is 0.125. The number of para-hydroxylation sites is 1. The van der Waals surface area contributed by atoms with Crippen LogP contribution < -0.4 is 5.32 Å². The van der Waals surface area contributed by atoms with Crippen LogP contribution in [0.25, 0.3) is 0 Å². The molecule has 0 aliphatic heterocycles. The number of hydrogen-bond donors (Lipinski definition) is 1. The number of amides is 1. The van der Waals surface area contributed by atoms with E-state index in [2.05, 4.69) is 38.1 Å². The zero-order valence-electron chi connectivity index (χ0n) is 10.3. The lowest BCUT2D eigenvalue weighted by Gasteiger charge is -2.07. The fourth-order valence-corrected chi connectivity index (χ4v) is 2.12. The number of benzene rings is 2. The molecular weight excluding hydrogens is 353 g/mol. The highest BCUT2D eigenvalue weighted by Crippen LogP contribution is 2.31. The van der Waals surface area contributed by atoms with Crippen LogP contribution in [0.3, 0.4) is 0 Å². The van der Waals surface area contributed by atoms with E-state index in [0.29, 0.717) is 11.4 Å². The predicted molar refractivity (Wildman–Crippen MR) is 84.1 cm³/mol. The second-order valence-electron chi connectivity index (χ2n) is 3.85. The summed E-state index contributed by atoms with van der Waals surface area (Å²) >= 11 is 2.16. The molecular formula is C14H12IN3O. The molecule has 2 aromatic carbocycles. The van der Waals surface area contributed by atoms with Gasteiger partial charge in [-0.05, 0) is 46.9 Å². The third-order valence-electron chi connectivity index (χ3n) is 2.32. The number of halogens is 1. The van der Waals surface area contributed by atoms with Gasteiger partial charge in [-0.1, -0.05) is 24.3 Å². The Balaban J connectivity index is 2.32. The minimum atomic E-state index is -0.125. The predicted octanol–water partition coefficient (Wildman–Crippen LogP) is 4.67. The van der Waals surface area contributed by atoms with Gasteiger partial charge in [-0.25, -0.2) is 0 Å². The number of nitrogens with zero attached hydrogens (tertiary/aromatic N) is 2. The molecule has 96 valence electrons. The van der Waals surface area contributed by atoms with E-state index >= 15 is 0 Å². The molecule has 1 N–H and O–H groups in total. The second-order valence-corrected chi connectivity index (χ2v) is 5.01. The first kappa shape index (κ1) is 13.7. The monoisotopic (exact) mass is 365 g/mol.